The van der Waals surface area contributed by atoms with E-state index >= 15 is 0 Å². The van der Waals surface area contributed by atoms with Crippen molar-refractivity contribution in [2.75, 3.05) is 0 Å². The minimum Gasteiger partial charge on any atom is -0.299 e. The topological polar surface area (TPSA) is 17.1 Å². The number of halogens is 1. The molecule has 0 saturated heterocycles. The predicted molar refractivity (Wildman–Crippen MR) is 57.5 cm³/mol. The van der Waals surface area contributed by atoms with Crippen molar-refractivity contribution in [1.29, 1.82) is 0 Å². The number of alkyl halides is 1. The molecule has 0 aliphatic heterocycles. The molecule has 0 aromatic heterocycles. The first-order valence-electron chi connectivity index (χ1n) is 5.25. The number of aryl methyl sites for hydroxylation is 1. The Morgan fingerprint density at radius 3 is 2.47 bits per heavy atom. The van der Waals surface area contributed by atoms with E-state index in [-0.39, 0.29) is 5.78 Å². The number of benzene rings is 1. The van der Waals surface area contributed by atoms with Gasteiger partial charge in [-0.25, -0.2) is 4.39 Å². The second kappa shape index (κ2) is 3.44. The van der Waals surface area contributed by atoms with Crippen molar-refractivity contribution in [2.45, 2.75) is 32.9 Å². The van der Waals surface area contributed by atoms with E-state index in [1.54, 1.807) is 6.92 Å². The van der Waals surface area contributed by atoms with Gasteiger partial charge in [0.15, 0.2) is 0 Å². The molecule has 1 nitrogen and oxygen atoms in total. The summed E-state index contributed by atoms with van der Waals surface area (Å²) in [6.45, 7) is 3.72. The number of carbonyl (C=O) groups excluding carboxylic acids is 1. The largest absolute Gasteiger partial charge is 0.299 e. The predicted octanol–water partition coefficient (Wildman–Crippen LogP) is 2.85. The maximum absolute atomic E-state index is 13.0. The number of ketones is 1. The summed E-state index contributed by atoms with van der Waals surface area (Å²) >= 11 is 0. The summed E-state index contributed by atoms with van der Waals surface area (Å²) in [5.74, 6) is 0.0267. The smallest absolute Gasteiger partial charge is 0.146 e. The second-order valence-corrected chi connectivity index (χ2v) is 4.67. The third kappa shape index (κ3) is 1.94. The summed E-state index contributed by atoms with van der Waals surface area (Å²) in [6, 6.07) is 7.83. The Morgan fingerprint density at radius 1 is 1.47 bits per heavy atom. The maximum atomic E-state index is 13.0. The van der Waals surface area contributed by atoms with Crippen molar-refractivity contribution in [3.05, 3.63) is 35.4 Å². The fourth-order valence-corrected chi connectivity index (χ4v) is 1.70. The van der Waals surface area contributed by atoms with Crippen LogP contribution in [0.1, 0.15) is 24.5 Å². The van der Waals surface area contributed by atoms with Gasteiger partial charge in [0.1, 0.15) is 12.0 Å². The van der Waals surface area contributed by atoms with Crippen molar-refractivity contribution in [3.8, 4) is 0 Å². The molecule has 1 aromatic rings. The van der Waals surface area contributed by atoms with Crippen molar-refractivity contribution in [2.24, 2.45) is 5.41 Å². The summed E-state index contributed by atoms with van der Waals surface area (Å²) in [7, 11) is 0. The normalized spacial score (nSPS) is 28.9. The minimum atomic E-state index is -0.921. The van der Waals surface area contributed by atoms with Crippen LogP contribution in [-0.4, -0.2) is 12.0 Å². The number of hydrogen-bond donors (Lipinski definition) is 0. The molecule has 2 heteroatoms. The molecule has 1 aliphatic rings. The molecule has 1 aliphatic carbocycles. The van der Waals surface area contributed by atoms with Gasteiger partial charge in [-0.05, 0) is 25.8 Å². The molecule has 1 fully saturated rings. The highest BCUT2D eigenvalue weighted by Gasteiger charge is 2.56. The van der Waals surface area contributed by atoms with Gasteiger partial charge in [0.25, 0.3) is 0 Å². The number of hydrogen-bond acceptors (Lipinski definition) is 1. The molecule has 0 bridgehead atoms. The van der Waals surface area contributed by atoms with E-state index < -0.39 is 11.6 Å². The first-order valence-corrected chi connectivity index (χ1v) is 5.25. The zero-order chi connectivity index (χ0) is 11.1. The van der Waals surface area contributed by atoms with Crippen LogP contribution in [-0.2, 0) is 11.2 Å². The summed E-state index contributed by atoms with van der Waals surface area (Å²) in [5, 5.41) is 0. The van der Waals surface area contributed by atoms with Crippen molar-refractivity contribution < 1.29 is 9.18 Å². The van der Waals surface area contributed by atoms with Crippen LogP contribution in [0.15, 0.2) is 24.3 Å². The molecule has 80 valence electrons. The summed E-state index contributed by atoms with van der Waals surface area (Å²) in [6.07, 6.45) is -0.162. The SMILES string of the molecule is Cc1ccc(CC(=O)C2(C)CC2F)cc1. The summed E-state index contributed by atoms with van der Waals surface area (Å²) < 4.78 is 13.0. The molecular formula is C13H15FO. The summed E-state index contributed by atoms with van der Waals surface area (Å²) in [4.78, 5) is 11.8. The molecule has 0 spiro atoms. The second-order valence-electron chi connectivity index (χ2n) is 4.67. The molecule has 2 rings (SSSR count). The Morgan fingerprint density at radius 2 is 2.00 bits per heavy atom. The fourth-order valence-electron chi connectivity index (χ4n) is 1.70. The molecule has 0 N–H and O–H groups in total. The first-order chi connectivity index (χ1) is 7.02. The van der Waals surface area contributed by atoms with Crippen molar-refractivity contribution in [1.82, 2.24) is 0 Å². The average Bonchev–Trinajstić information content (AvgIpc) is 2.80. The van der Waals surface area contributed by atoms with Gasteiger partial charge in [-0.1, -0.05) is 29.8 Å². The third-order valence-electron chi connectivity index (χ3n) is 3.26. The van der Waals surface area contributed by atoms with Crippen LogP contribution in [0.5, 0.6) is 0 Å². The maximum Gasteiger partial charge on any atom is 0.146 e. The highest BCUT2D eigenvalue weighted by atomic mass is 19.1. The molecule has 1 aromatic carbocycles. The zero-order valence-electron chi connectivity index (χ0n) is 9.09. The van der Waals surface area contributed by atoms with E-state index in [4.69, 9.17) is 0 Å². The van der Waals surface area contributed by atoms with Crippen LogP contribution >= 0.6 is 0 Å². The van der Waals surface area contributed by atoms with Crippen molar-refractivity contribution >= 4 is 5.78 Å². The zero-order valence-corrected chi connectivity index (χ0v) is 9.09. The van der Waals surface area contributed by atoms with E-state index in [1.807, 2.05) is 31.2 Å². The first kappa shape index (κ1) is 10.3. The Balaban J connectivity index is 2.04. The monoisotopic (exact) mass is 206 g/mol. The molecule has 1 saturated carbocycles. The Labute approximate surface area is 89.3 Å². The standard InChI is InChI=1S/C13H15FO/c1-9-3-5-10(6-4-9)7-12(15)13(2)8-11(13)14/h3-6,11H,7-8H2,1-2H3. The van der Waals surface area contributed by atoms with Gasteiger partial charge in [0.2, 0.25) is 0 Å². The van der Waals surface area contributed by atoms with Crippen LogP contribution in [0.25, 0.3) is 0 Å². The molecule has 2 unspecified atom stereocenters. The van der Waals surface area contributed by atoms with Gasteiger partial charge in [-0.15, -0.1) is 0 Å². The highest BCUT2D eigenvalue weighted by Crippen LogP contribution is 2.49. The molecule has 0 amide bonds. The van der Waals surface area contributed by atoms with E-state index in [9.17, 15) is 9.18 Å². The molecule has 15 heavy (non-hydrogen) atoms. The van der Waals surface area contributed by atoms with Crippen LogP contribution in [0.4, 0.5) is 4.39 Å². The van der Waals surface area contributed by atoms with Gasteiger partial charge in [0, 0.05) is 6.42 Å². The van der Waals surface area contributed by atoms with E-state index in [1.165, 1.54) is 5.56 Å². The Kier molecular flexibility index (Phi) is 2.37. The lowest BCUT2D eigenvalue weighted by Gasteiger charge is -2.07. The number of carbonyl (C=O) groups is 1. The fraction of sp³-hybridized carbons (Fsp3) is 0.462. The van der Waals surface area contributed by atoms with E-state index in [0.717, 1.165) is 5.56 Å². The number of Topliss-reactive ketones (excluding diaryl/α,β-unsaturated/α-hetero) is 1. The lowest BCUT2D eigenvalue weighted by atomic mass is 9.96. The Hall–Kier alpha value is -1.18. The van der Waals surface area contributed by atoms with E-state index in [2.05, 4.69) is 0 Å². The summed E-state index contributed by atoms with van der Waals surface area (Å²) in [5.41, 5.74) is 1.46. The van der Waals surface area contributed by atoms with Gasteiger partial charge < -0.3 is 0 Å². The molecular weight excluding hydrogens is 191 g/mol. The van der Waals surface area contributed by atoms with E-state index in [0.29, 0.717) is 12.8 Å². The van der Waals surface area contributed by atoms with Crippen LogP contribution in [0.3, 0.4) is 0 Å². The quantitative estimate of drug-likeness (QED) is 0.743. The molecule has 2 atom stereocenters. The number of rotatable bonds is 3. The van der Waals surface area contributed by atoms with Crippen LogP contribution in [0.2, 0.25) is 0 Å². The third-order valence-corrected chi connectivity index (χ3v) is 3.26. The van der Waals surface area contributed by atoms with Crippen molar-refractivity contribution in [3.63, 3.8) is 0 Å². The lowest BCUT2D eigenvalue weighted by molar-refractivity contribution is -0.123. The van der Waals surface area contributed by atoms with Crippen LogP contribution < -0.4 is 0 Å². The lowest BCUT2D eigenvalue weighted by Crippen LogP contribution is -2.17. The minimum absolute atomic E-state index is 0.0267. The molecule has 0 heterocycles. The van der Waals surface area contributed by atoms with Gasteiger partial charge >= 0.3 is 0 Å². The average molecular weight is 206 g/mol. The molecule has 0 radical (unpaired) electrons. The Bertz CT molecular complexity index is 382. The van der Waals surface area contributed by atoms with Crippen LogP contribution in [0, 0.1) is 12.3 Å². The highest BCUT2D eigenvalue weighted by molar-refractivity contribution is 5.89. The van der Waals surface area contributed by atoms with Gasteiger partial charge in [0.05, 0.1) is 5.41 Å². The van der Waals surface area contributed by atoms with Gasteiger partial charge in [-0.2, -0.15) is 0 Å². The van der Waals surface area contributed by atoms with Gasteiger partial charge in [-0.3, -0.25) is 4.79 Å².